The van der Waals surface area contributed by atoms with Crippen molar-refractivity contribution in [2.45, 2.75) is 13.5 Å². The number of hydrogen-bond acceptors (Lipinski definition) is 6. The highest BCUT2D eigenvalue weighted by Gasteiger charge is 2.32. The monoisotopic (exact) mass is 490 g/mol. The molecule has 3 aromatic carbocycles. The first-order chi connectivity index (χ1) is 17.0. The molecular weight excluding hydrogens is 464 g/mol. The van der Waals surface area contributed by atoms with E-state index in [0.717, 1.165) is 42.5 Å². The number of allylic oxidation sites excluding steroid dienone is 1. The maximum Gasteiger partial charge on any atom is 0.231 e. The molecule has 0 unspecified atom stereocenters. The smallest absolute Gasteiger partial charge is 0.231 e. The van der Waals surface area contributed by atoms with Crippen LogP contribution in [0.25, 0.3) is 6.08 Å². The molecule has 7 heteroatoms. The normalized spacial score (nSPS) is 16.9. The molecule has 0 atom stereocenters. The molecule has 1 saturated heterocycles. The minimum Gasteiger partial charge on any atom is -0.507 e. The summed E-state index contributed by atoms with van der Waals surface area (Å²) in [5.74, 6) is 1.29. The second kappa shape index (κ2) is 10.0. The van der Waals surface area contributed by atoms with E-state index in [-0.39, 0.29) is 17.3 Å². The maximum atomic E-state index is 13.1. The average Bonchev–Trinajstić information content (AvgIpc) is 3.18. The molecule has 0 bridgehead atoms. The molecule has 0 amide bonds. The van der Waals surface area contributed by atoms with Crippen molar-refractivity contribution < 1.29 is 19.4 Å². The first-order valence-corrected chi connectivity index (χ1v) is 12.1. The second-order valence-corrected chi connectivity index (χ2v) is 9.03. The molecule has 0 radical (unpaired) electrons. The third-order valence-corrected chi connectivity index (χ3v) is 6.58. The van der Waals surface area contributed by atoms with Crippen molar-refractivity contribution in [3.05, 3.63) is 88.1 Å². The first-order valence-electron chi connectivity index (χ1n) is 11.8. The Labute approximate surface area is 209 Å². The van der Waals surface area contributed by atoms with Crippen molar-refractivity contribution in [3.63, 3.8) is 0 Å². The summed E-state index contributed by atoms with van der Waals surface area (Å²) in [7, 11) is 0. The van der Waals surface area contributed by atoms with E-state index in [2.05, 4.69) is 15.9 Å². The molecule has 6 nitrogen and oxygen atoms in total. The molecule has 2 aliphatic heterocycles. The molecule has 35 heavy (non-hydrogen) atoms. The highest BCUT2D eigenvalue weighted by molar-refractivity contribution is 6.30. The summed E-state index contributed by atoms with van der Waals surface area (Å²) in [5, 5.41) is 11.4. The minimum absolute atomic E-state index is 0.129. The Hall–Kier alpha value is -3.48. The lowest BCUT2D eigenvalue weighted by Crippen LogP contribution is -2.46. The Balaban J connectivity index is 1.34. The van der Waals surface area contributed by atoms with Crippen molar-refractivity contribution in [3.8, 4) is 17.2 Å². The van der Waals surface area contributed by atoms with Gasteiger partial charge in [-0.15, -0.1) is 0 Å². The van der Waals surface area contributed by atoms with Gasteiger partial charge in [-0.2, -0.15) is 0 Å². The van der Waals surface area contributed by atoms with Crippen molar-refractivity contribution in [1.29, 1.82) is 0 Å². The summed E-state index contributed by atoms with van der Waals surface area (Å²) in [5.41, 5.74) is 2.98. The maximum absolute atomic E-state index is 13.1. The number of fused-ring (bicyclic) bond motifs is 1. The number of anilines is 1. The van der Waals surface area contributed by atoms with E-state index in [1.807, 2.05) is 49.4 Å². The number of phenolic OH excluding ortho intramolecular Hbond substituents is 1. The van der Waals surface area contributed by atoms with Gasteiger partial charge >= 0.3 is 0 Å². The zero-order valence-corrected chi connectivity index (χ0v) is 20.3. The average molecular weight is 491 g/mol. The van der Waals surface area contributed by atoms with E-state index in [0.29, 0.717) is 35.8 Å². The number of ether oxygens (including phenoxy) is 2. The van der Waals surface area contributed by atoms with E-state index in [9.17, 15) is 9.90 Å². The quantitative estimate of drug-likeness (QED) is 0.468. The van der Waals surface area contributed by atoms with Crippen LogP contribution < -0.4 is 14.4 Å². The van der Waals surface area contributed by atoms with Crippen LogP contribution in [0.1, 0.15) is 28.4 Å². The number of hydrogen-bond donors (Lipinski definition) is 1. The van der Waals surface area contributed by atoms with Gasteiger partial charge in [-0.05, 0) is 49.4 Å². The van der Waals surface area contributed by atoms with Gasteiger partial charge in [-0.1, -0.05) is 35.9 Å². The molecule has 0 spiro atoms. The molecule has 1 N–H and O–H groups in total. The van der Waals surface area contributed by atoms with Gasteiger partial charge < -0.3 is 19.5 Å². The standard InChI is InChI=1S/C28H27ClN2O4/c1-2-34-25-9-4-3-6-19(25)16-26-27(33)22-10-11-24(32)23(28(22)35-26)18-30-12-14-31(15-13-30)21-8-5-7-20(29)17-21/h3-11,16-17,32H,2,12-15,18H2,1H3/b26-16-. The Bertz CT molecular complexity index is 1280. The number of nitrogens with zero attached hydrogens (tertiary/aromatic N) is 2. The van der Waals surface area contributed by atoms with Crippen LogP contribution in [0.2, 0.25) is 5.02 Å². The van der Waals surface area contributed by atoms with Gasteiger partial charge in [0.2, 0.25) is 5.78 Å². The fourth-order valence-corrected chi connectivity index (χ4v) is 4.72. The van der Waals surface area contributed by atoms with Gasteiger partial charge in [0.1, 0.15) is 17.2 Å². The Morgan fingerprint density at radius 2 is 1.86 bits per heavy atom. The van der Waals surface area contributed by atoms with Crippen LogP contribution in [0.3, 0.4) is 0 Å². The zero-order chi connectivity index (χ0) is 24.4. The van der Waals surface area contributed by atoms with Gasteiger partial charge in [-0.3, -0.25) is 9.69 Å². The minimum atomic E-state index is -0.196. The number of piperazine rings is 1. The number of halogens is 1. The van der Waals surface area contributed by atoms with Crippen molar-refractivity contribution in [2.75, 3.05) is 37.7 Å². The van der Waals surface area contributed by atoms with Crippen LogP contribution in [-0.4, -0.2) is 48.6 Å². The highest BCUT2D eigenvalue weighted by Crippen LogP contribution is 2.40. The van der Waals surface area contributed by atoms with Gasteiger partial charge in [-0.25, -0.2) is 0 Å². The molecule has 1 fully saturated rings. The van der Waals surface area contributed by atoms with E-state index in [1.165, 1.54) is 0 Å². The van der Waals surface area contributed by atoms with Crippen molar-refractivity contribution >= 4 is 29.1 Å². The third-order valence-electron chi connectivity index (χ3n) is 6.35. The highest BCUT2D eigenvalue weighted by atomic mass is 35.5. The summed E-state index contributed by atoms with van der Waals surface area (Å²) >= 11 is 6.15. The Morgan fingerprint density at radius 3 is 2.63 bits per heavy atom. The van der Waals surface area contributed by atoms with E-state index < -0.39 is 0 Å². The molecule has 3 aromatic rings. The lowest BCUT2D eigenvalue weighted by Gasteiger charge is -2.36. The van der Waals surface area contributed by atoms with E-state index in [4.69, 9.17) is 21.1 Å². The molecule has 5 rings (SSSR count). The first kappa shape index (κ1) is 23.3. The summed E-state index contributed by atoms with van der Waals surface area (Å²) in [6, 6.07) is 18.6. The number of rotatable bonds is 6. The lowest BCUT2D eigenvalue weighted by molar-refractivity contribution is 0.101. The summed E-state index contributed by atoms with van der Waals surface area (Å²) in [4.78, 5) is 17.7. The molecule has 0 saturated carbocycles. The summed E-state index contributed by atoms with van der Waals surface area (Å²) in [6.45, 7) is 6.25. The number of aromatic hydroxyl groups is 1. The van der Waals surface area contributed by atoms with Crippen LogP contribution >= 0.6 is 11.6 Å². The fourth-order valence-electron chi connectivity index (χ4n) is 4.54. The number of Topliss-reactive ketones (excluding diaryl/α,β-unsaturated/α-hetero) is 1. The van der Waals surface area contributed by atoms with Gasteiger partial charge in [0.05, 0.1) is 17.7 Å². The summed E-state index contributed by atoms with van der Waals surface area (Å²) < 4.78 is 11.7. The van der Waals surface area contributed by atoms with Gasteiger partial charge in [0.25, 0.3) is 0 Å². The van der Waals surface area contributed by atoms with Gasteiger partial charge in [0, 0.05) is 49.0 Å². The molecule has 2 heterocycles. The molecule has 0 aromatic heterocycles. The fraction of sp³-hybridized carbons (Fsp3) is 0.250. The summed E-state index contributed by atoms with van der Waals surface area (Å²) in [6.07, 6.45) is 1.71. The molecule has 180 valence electrons. The Kier molecular flexibility index (Phi) is 6.66. The predicted octanol–water partition coefficient (Wildman–Crippen LogP) is 5.38. The van der Waals surface area contributed by atoms with Crippen molar-refractivity contribution in [2.24, 2.45) is 0 Å². The van der Waals surface area contributed by atoms with E-state index >= 15 is 0 Å². The van der Waals surface area contributed by atoms with Crippen LogP contribution in [0.5, 0.6) is 17.2 Å². The van der Waals surface area contributed by atoms with Crippen LogP contribution in [0.4, 0.5) is 5.69 Å². The lowest BCUT2D eigenvalue weighted by atomic mass is 10.0. The van der Waals surface area contributed by atoms with Gasteiger partial charge in [0.15, 0.2) is 5.76 Å². The largest absolute Gasteiger partial charge is 0.507 e. The van der Waals surface area contributed by atoms with Crippen LogP contribution in [0.15, 0.2) is 66.4 Å². The number of carbonyl (C=O) groups excluding carboxylic acids is 1. The molecular formula is C28H27ClN2O4. The number of ketones is 1. The number of para-hydroxylation sites is 1. The predicted molar refractivity (Wildman–Crippen MR) is 138 cm³/mol. The zero-order valence-electron chi connectivity index (χ0n) is 19.5. The topological polar surface area (TPSA) is 62.2 Å². The number of benzene rings is 3. The van der Waals surface area contributed by atoms with E-state index in [1.54, 1.807) is 18.2 Å². The Morgan fingerprint density at radius 1 is 1.06 bits per heavy atom. The molecule has 2 aliphatic rings. The second-order valence-electron chi connectivity index (χ2n) is 8.59. The SMILES string of the molecule is CCOc1ccccc1/C=C1\Oc2c(ccc(O)c2CN2CCN(c3cccc(Cl)c3)CC2)C1=O. The van der Waals surface area contributed by atoms with Crippen LogP contribution in [0, 0.1) is 0 Å². The molecule has 0 aliphatic carbocycles. The van der Waals surface area contributed by atoms with Crippen LogP contribution in [-0.2, 0) is 6.54 Å². The number of carbonyl (C=O) groups is 1. The van der Waals surface area contributed by atoms with Crippen molar-refractivity contribution in [1.82, 2.24) is 4.90 Å². The third kappa shape index (κ3) is 4.85. The number of phenols is 1.